The van der Waals surface area contributed by atoms with E-state index >= 15 is 0 Å². The van der Waals surface area contributed by atoms with Crippen LogP contribution in [0.1, 0.15) is 0 Å². The molecule has 1 aromatic heterocycles. The topological polar surface area (TPSA) is 48.3 Å². The van der Waals surface area contributed by atoms with Crippen LogP contribution in [-0.2, 0) is 10.0 Å². The Morgan fingerprint density at radius 1 is 1.05 bits per heavy atom. The van der Waals surface area contributed by atoms with Crippen molar-refractivity contribution in [2.45, 2.75) is 4.90 Å². The summed E-state index contributed by atoms with van der Waals surface area (Å²) in [5.74, 6) is 0.696. The van der Waals surface area contributed by atoms with Crippen molar-refractivity contribution < 1.29 is 13.2 Å². The summed E-state index contributed by atoms with van der Waals surface area (Å²) in [7, 11) is -2.02. The fourth-order valence-electron chi connectivity index (χ4n) is 2.15. The van der Waals surface area contributed by atoms with Crippen LogP contribution in [0.5, 0.6) is 5.75 Å². The van der Waals surface area contributed by atoms with E-state index in [9.17, 15) is 8.42 Å². The molecule has 0 amide bonds. The van der Waals surface area contributed by atoms with E-state index in [1.165, 1.54) is 3.97 Å². The number of rotatable bonds is 3. The van der Waals surface area contributed by atoms with Gasteiger partial charge in [-0.1, -0.05) is 15.9 Å². The number of aromatic nitrogens is 1. The van der Waals surface area contributed by atoms with Crippen molar-refractivity contribution in [2.75, 3.05) is 7.11 Å². The number of hydrogen-bond acceptors (Lipinski definition) is 3. The van der Waals surface area contributed by atoms with E-state index < -0.39 is 10.0 Å². The van der Waals surface area contributed by atoms with Crippen LogP contribution < -0.4 is 4.74 Å². The summed E-state index contributed by atoms with van der Waals surface area (Å²) < 4.78 is 32.7. The minimum absolute atomic E-state index is 0.249. The quantitative estimate of drug-likeness (QED) is 0.711. The Morgan fingerprint density at radius 2 is 1.76 bits per heavy atom. The van der Waals surface area contributed by atoms with Crippen molar-refractivity contribution in [3.8, 4) is 5.75 Å². The Morgan fingerprint density at radius 3 is 2.43 bits per heavy atom. The molecule has 0 aliphatic carbocycles. The van der Waals surface area contributed by atoms with Crippen LogP contribution >= 0.6 is 15.9 Å². The van der Waals surface area contributed by atoms with Crippen molar-refractivity contribution in [1.82, 2.24) is 3.97 Å². The number of halogens is 1. The van der Waals surface area contributed by atoms with Crippen molar-refractivity contribution in [2.24, 2.45) is 0 Å². The zero-order chi connectivity index (χ0) is 15.0. The second-order valence-corrected chi connectivity index (χ2v) is 7.23. The highest BCUT2D eigenvalue weighted by molar-refractivity contribution is 9.10. The predicted octanol–water partition coefficient (Wildman–Crippen LogP) is 3.65. The minimum atomic E-state index is -3.60. The van der Waals surface area contributed by atoms with E-state index in [1.54, 1.807) is 55.8 Å². The molecule has 0 spiro atoms. The molecule has 3 aromatic rings. The number of nitrogens with zero attached hydrogens (tertiary/aromatic N) is 1. The lowest BCUT2D eigenvalue weighted by atomic mass is 10.2. The molecule has 21 heavy (non-hydrogen) atoms. The van der Waals surface area contributed by atoms with Crippen molar-refractivity contribution >= 4 is 36.9 Å². The molecule has 0 atom stereocenters. The standard InChI is InChI=1S/C15H12BrNO3S/c1-20-13-4-7-15-11(10-13)8-9-17(15)21(18,19)14-5-2-12(16)3-6-14/h2-10H,1H3. The molecule has 2 aromatic carbocycles. The van der Waals surface area contributed by atoms with E-state index in [0.29, 0.717) is 11.3 Å². The molecule has 0 saturated heterocycles. The lowest BCUT2D eigenvalue weighted by Gasteiger charge is -2.08. The number of ether oxygens (including phenoxy) is 1. The van der Waals surface area contributed by atoms with E-state index in [4.69, 9.17) is 4.74 Å². The fraction of sp³-hybridized carbons (Fsp3) is 0.0667. The number of hydrogen-bond donors (Lipinski definition) is 0. The van der Waals surface area contributed by atoms with E-state index in [1.807, 2.05) is 6.07 Å². The largest absolute Gasteiger partial charge is 0.497 e. The molecule has 108 valence electrons. The first-order valence-electron chi connectivity index (χ1n) is 6.18. The normalized spacial score (nSPS) is 11.7. The predicted molar refractivity (Wildman–Crippen MR) is 85.2 cm³/mol. The Bertz CT molecular complexity index is 898. The molecule has 0 aliphatic rings. The average Bonchev–Trinajstić information content (AvgIpc) is 2.91. The van der Waals surface area contributed by atoms with Gasteiger partial charge in [0, 0.05) is 16.1 Å². The molecule has 6 heteroatoms. The summed E-state index contributed by atoms with van der Waals surface area (Å²) in [6, 6.07) is 13.6. The molecule has 1 heterocycles. The molecule has 0 unspecified atom stereocenters. The van der Waals surface area contributed by atoms with Gasteiger partial charge in [-0.3, -0.25) is 0 Å². The average molecular weight is 366 g/mol. The zero-order valence-electron chi connectivity index (χ0n) is 11.2. The smallest absolute Gasteiger partial charge is 0.268 e. The third-order valence-electron chi connectivity index (χ3n) is 3.23. The van der Waals surface area contributed by atoms with Crippen LogP contribution in [-0.4, -0.2) is 19.5 Å². The van der Waals surface area contributed by atoms with Gasteiger partial charge in [-0.05, 0) is 48.5 Å². The van der Waals surface area contributed by atoms with E-state index in [2.05, 4.69) is 15.9 Å². The van der Waals surface area contributed by atoms with Crippen molar-refractivity contribution in [3.63, 3.8) is 0 Å². The maximum atomic E-state index is 12.7. The van der Waals surface area contributed by atoms with Gasteiger partial charge < -0.3 is 4.74 Å². The van der Waals surface area contributed by atoms with Crippen LogP contribution in [0.25, 0.3) is 10.9 Å². The highest BCUT2D eigenvalue weighted by atomic mass is 79.9. The van der Waals surface area contributed by atoms with Crippen LogP contribution in [0, 0.1) is 0 Å². The van der Waals surface area contributed by atoms with Gasteiger partial charge in [0.1, 0.15) is 5.75 Å². The Labute approximate surface area is 131 Å². The molecule has 0 radical (unpaired) electrons. The highest BCUT2D eigenvalue weighted by Crippen LogP contribution is 2.26. The minimum Gasteiger partial charge on any atom is -0.497 e. The van der Waals surface area contributed by atoms with E-state index in [-0.39, 0.29) is 4.90 Å². The first-order chi connectivity index (χ1) is 10.0. The maximum absolute atomic E-state index is 12.7. The molecule has 0 fully saturated rings. The zero-order valence-corrected chi connectivity index (χ0v) is 13.6. The van der Waals surface area contributed by atoms with Crippen LogP contribution in [0.2, 0.25) is 0 Å². The first kappa shape index (κ1) is 14.2. The van der Waals surface area contributed by atoms with Gasteiger partial charge in [0.2, 0.25) is 0 Å². The second-order valence-electron chi connectivity index (χ2n) is 4.50. The summed E-state index contributed by atoms with van der Waals surface area (Å²) in [5.41, 5.74) is 0.624. The van der Waals surface area contributed by atoms with Gasteiger partial charge in [0.25, 0.3) is 10.0 Å². The van der Waals surface area contributed by atoms with Gasteiger partial charge in [0.15, 0.2) is 0 Å². The second kappa shape index (κ2) is 5.20. The van der Waals surface area contributed by atoms with Crippen LogP contribution in [0.3, 0.4) is 0 Å². The van der Waals surface area contributed by atoms with Gasteiger partial charge in [0.05, 0.1) is 17.5 Å². The summed E-state index contributed by atoms with van der Waals surface area (Å²) in [5, 5.41) is 0.815. The molecule has 0 bridgehead atoms. The fourth-order valence-corrected chi connectivity index (χ4v) is 3.77. The third kappa shape index (κ3) is 2.45. The summed E-state index contributed by atoms with van der Waals surface area (Å²) in [6.45, 7) is 0. The molecule has 0 saturated carbocycles. The van der Waals surface area contributed by atoms with Gasteiger partial charge >= 0.3 is 0 Å². The van der Waals surface area contributed by atoms with Gasteiger partial charge in [-0.15, -0.1) is 0 Å². The lowest BCUT2D eigenvalue weighted by molar-refractivity contribution is 0.415. The molecule has 4 nitrogen and oxygen atoms in total. The number of fused-ring (bicyclic) bond motifs is 1. The highest BCUT2D eigenvalue weighted by Gasteiger charge is 2.18. The monoisotopic (exact) mass is 365 g/mol. The molecule has 3 rings (SSSR count). The Kier molecular flexibility index (Phi) is 3.51. The summed E-state index contributed by atoms with van der Waals surface area (Å²) >= 11 is 3.30. The van der Waals surface area contributed by atoms with Gasteiger partial charge in [-0.25, -0.2) is 12.4 Å². The number of benzene rings is 2. The maximum Gasteiger partial charge on any atom is 0.268 e. The molecule has 0 aliphatic heterocycles. The molecular formula is C15H12BrNO3S. The first-order valence-corrected chi connectivity index (χ1v) is 8.42. The number of methoxy groups -OCH3 is 1. The van der Waals surface area contributed by atoms with Crippen molar-refractivity contribution in [3.05, 3.63) is 59.2 Å². The lowest BCUT2D eigenvalue weighted by Crippen LogP contribution is -2.11. The summed E-state index contributed by atoms with van der Waals surface area (Å²) in [4.78, 5) is 0.249. The van der Waals surface area contributed by atoms with E-state index in [0.717, 1.165) is 9.86 Å². The SMILES string of the molecule is COc1ccc2c(ccn2S(=O)(=O)c2ccc(Br)cc2)c1. The van der Waals surface area contributed by atoms with Gasteiger partial charge in [-0.2, -0.15) is 0 Å². The molecule has 0 N–H and O–H groups in total. The Balaban J connectivity index is 2.17. The Hall–Kier alpha value is -1.79. The molecular weight excluding hydrogens is 354 g/mol. The van der Waals surface area contributed by atoms with Crippen molar-refractivity contribution in [1.29, 1.82) is 0 Å². The van der Waals surface area contributed by atoms with Crippen LogP contribution in [0.15, 0.2) is 64.1 Å². The van der Waals surface area contributed by atoms with Crippen LogP contribution in [0.4, 0.5) is 0 Å². The summed E-state index contributed by atoms with van der Waals surface area (Å²) in [6.07, 6.45) is 1.56. The third-order valence-corrected chi connectivity index (χ3v) is 5.46.